The predicted molar refractivity (Wildman–Crippen MR) is 252 cm³/mol. The van der Waals surface area contributed by atoms with Gasteiger partial charge in [0.15, 0.2) is 33.6 Å². The van der Waals surface area contributed by atoms with Crippen LogP contribution in [0.25, 0.3) is 22.4 Å². The summed E-state index contributed by atoms with van der Waals surface area (Å²) in [5.74, 6) is 6.99. The van der Waals surface area contributed by atoms with Gasteiger partial charge in [0.1, 0.15) is 5.69 Å². The van der Waals surface area contributed by atoms with Gasteiger partial charge in [-0.3, -0.25) is 9.59 Å². The van der Waals surface area contributed by atoms with Gasteiger partial charge in [0.2, 0.25) is 5.91 Å². The largest absolute Gasteiger partial charge is 0.448 e. The van der Waals surface area contributed by atoms with Crippen LogP contribution in [0.3, 0.4) is 0 Å². The van der Waals surface area contributed by atoms with Crippen LogP contribution < -0.4 is 25.8 Å². The molecule has 344 valence electrons. The number of carbonyl (C=O) groups is 2. The summed E-state index contributed by atoms with van der Waals surface area (Å²) < 4.78 is 21.9. The van der Waals surface area contributed by atoms with Gasteiger partial charge in [0.25, 0.3) is 11.7 Å². The highest BCUT2D eigenvalue weighted by atomic mass is 35.5. The van der Waals surface area contributed by atoms with E-state index in [-0.39, 0.29) is 17.7 Å². The maximum absolute atomic E-state index is 13.7. The quantitative estimate of drug-likeness (QED) is 0.0406. The summed E-state index contributed by atoms with van der Waals surface area (Å²) in [6.07, 6.45) is 3.93. The van der Waals surface area contributed by atoms with Crippen LogP contribution in [0.4, 0.5) is 5.82 Å². The number of hydrogen-bond acceptors (Lipinski definition) is 14. The van der Waals surface area contributed by atoms with Crippen molar-refractivity contribution in [1.29, 1.82) is 0 Å². The number of ether oxygens (including phenoxy) is 3. The minimum atomic E-state index is -0.848. The van der Waals surface area contributed by atoms with Crippen LogP contribution in [0.1, 0.15) is 62.6 Å². The highest BCUT2D eigenvalue weighted by Gasteiger charge is 2.46. The molecule has 3 aromatic heterocycles. The number of halogens is 1. The number of nitrogens with one attached hydrogen (secondary N) is 2. The lowest BCUT2D eigenvalue weighted by atomic mass is 9.86. The Morgan fingerprint density at radius 3 is 2.52 bits per heavy atom. The van der Waals surface area contributed by atoms with Gasteiger partial charge in [-0.15, -0.1) is 10.2 Å². The maximum atomic E-state index is 13.7. The van der Waals surface area contributed by atoms with E-state index in [0.717, 1.165) is 34.6 Å². The van der Waals surface area contributed by atoms with Gasteiger partial charge in [-0.05, 0) is 53.8 Å². The average molecular weight is 934 g/mol. The van der Waals surface area contributed by atoms with E-state index in [1.54, 1.807) is 33.3 Å². The Morgan fingerprint density at radius 1 is 0.970 bits per heavy atom. The molecule has 17 nitrogen and oxygen atoms in total. The Morgan fingerprint density at radius 2 is 1.76 bits per heavy atom. The molecule has 1 atom stereocenters. The summed E-state index contributed by atoms with van der Waals surface area (Å²) in [6, 6.07) is 21.0. The number of carbonyl (C=O) groups excluding carboxylic acids is 2. The van der Waals surface area contributed by atoms with E-state index in [1.807, 2.05) is 65.7 Å². The molecule has 6 aromatic rings. The molecule has 1 saturated heterocycles. The van der Waals surface area contributed by atoms with Crippen molar-refractivity contribution in [3.63, 3.8) is 0 Å². The van der Waals surface area contributed by atoms with Gasteiger partial charge < -0.3 is 35.5 Å². The molecule has 19 heteroatoms. The van der Waals surface area contributed by atoms with Crippen molar-refractivity contribution in [2.45, 2.75) is 70.0 Å². The molecule has 0 unspecified atom stereocenters. The van der Waals surface area contributed by atoms with Crippen molar-refractivity contribution < 1.29 is 23.8 Å². The SMILES string of the molecule is CCCSc1nc(NCCN)c2nnn(Cc3ccc(-c4cn(CCOCCNC(=O)C#Cc5ccc6c(c5)OC5(CCN(C(=O)[C@H](c7ccc(Cl)cc7)C(C)C)CC5)O6)nn4)cc3)c2n1. The third kappa shape index (κ3) is 11.2. The van der Waals surface area contributed by atoms with E-state index in [4.69, 9.17) is 36.5 Å². The molecule has 66 heavy (non-hydrogen) atoms. The Balaban J connectivity index is 0.750. The molecule has 0 aliphatic carbocycles. The number of anilines is 1. The number of fused-ring (bicyclic) bond motifs is 2. The third-order valence-corrected chi connectivity index (χ3v) is 12.5. The Hall–Kier alpha value is -6.26. The Labute approximate surface area is 392 Å². The standard InChI is InChI=1S/C47H53ClN12O5S/c1-4-27-66-46-52-43(51-20-19-49)42-44(53-46)60(57-55-42)29-33-5-9-34(10-6-33)37-30-59(56-54-37)24-26-63-25-21-50-40(61)16-8-32-7-15-38-39(28-32)65-47(64-38)17-22-58(23-18-47)45(62)41(31(2)3)35-11-13-36(48)14-12-35/h5-7,9-15,28,30-31,41H,4,17-27,29,49H2,1-3H3,(H,50,61)(H,51,52,53)/t41-/m0/s1. The lowest BCUT2D eigenvalue weighted by Crippen LogP contribution is -2.52. The van der Waals surface area contributed by atoms with Gasteiger partial charge in [-0.1, -0.05) is 96.9 Å². The zero-order valence-electron chi connectivity index (χ0n) is 37.2. The van der Waals surface area contributed by atoms with Gasteiger partial charge in [-0.2, -0.15) is 0 Å². The van der Waals surface area contributed by atoms with Crippen LogP contribution in [-0.4, -0.2) is 114 Å². The molecule has 2 aliphatic rings. The van der Waals surface area contributed by atoms with E-state index in [9.17, 15) is 9.59 Å². The number of hydrogen-bond donors (Lipinski definition) is 3. The molecular weight excluding hydrogens is 880 g/mol. The second-order valence-electron chi connectivity index (χ2n) is 16.4. The topological polar surface area (TPSA) is 202 Å². The third-order valence-electron chi connectivity index (χ3n) is 11.2. The summed E-state index contributed by atoms with van der Waals surface area (Å²) in [5.41, 5.74) is 11.3. The summed E-state index contributed by atoms with van der Waals surface area (Å²) in [5, 5.41) is 24.7. The Bertz CT molecular complexity index is 2690. The second kappa shape index (κ2) is 21.4. The molecule has 3 aromatic carbocycles. The monoisotopic (exact) mass is 932 g/mol. The van der Waals surface area contributed by atoms with Gasteiger partial charge in [0.05, 0.1) is 38.4 Å². The average Bonchev–Trinajstić information content (AvgIpc) is 4.06. The molecule has 2 amide bonds. The molecule has 1 fully saturated rings. The number of rotatable bonds is 18. The number of amides is 2. The molecule has 0 bridgehead atoms. The van der Waals surface area contributed by atoms with Crippen LogP contribution >= 0.6 is 23.4 Å². The summed E-state index contributed by atoms with van der Waals surface area (Å²) in [4.78, 5) is 37.5. The van der Waals surface area contributed by atoms with Crippen LogP contribution in [0.2, 0.25) is 5.02 Å². The van der Waals surface area contributed by atoms with E-state index in [2.05, 4.69) is 68.9 Å². The summed E-state index contributed by atoms with van der Waals surface area (Å²) in [6.45, 7) is 10.3. The highest BCUT2D eigenvalue weighted by molar-refractivity contribution is 7.99. The van der Waals surface area contributed by atoms with E-state index < -0.39 is 11.7 Å². The molecule has 0 saturated carbocycles. The van der Waals surface area contributed by atoms with Crippen LogP contribution in [0.5, 0.6) is 11.5 Å². The zero-order chi connectivity index (χ0) is 46.0. The molecular formula is C47H53ClN12O5S. The smallest absolute Gasteiger partial charge is 0.296 e. The molecule has 2 aliphatic heterocycles. The van der Waals surface area contributed by atoms with E-state index >= 15 is 0 Å². The van der Waals surface area contributed by atoms with Crippen LogP contribution in [0.15, 0.2) is 78.1 Å². The molecule has 0 radical (unpaired) electrons. The number of benzene rings is 3. The molecule has 5 heterocycles. The number of nitrogens with two attached hydrogens (primary N) is 1. The van der Waals surface area contributed by atoms with Crippen molar-refractivity contribution in [2.24, 2.45) is 11.7 Å². The maximum Gasteiger partial charge on any atom is 0.296 e. The van der Waals surface area contributed by atoms with Crippen molar-refractivity contribution in [3.8, 4) is 34.6 Å². The molecule has 8 rings (SSSR count). The predicted octanol–water partition coefficient (Wildman–Crippen LogP) is 5.77. The minimum Gasteiger partial charge on any atom is -0.448 e. The fourth-order valence-corrected chi connectivity index (χ4v) is 8.62. The first kappa shape index (κ1) is 46.3. The zero-order valence-corrected chi connectivity index (χ0v) is 38.8. The van der Waals surface area contributed by atoms with Crippen molar-refractivity contribution >= 4 is 52.2 Å². The minimum absolute atomic E-state index is 0.0927. The Kier molecular flexibility index (Phi) is 15.0. The molecule has 4 N–H and O–H groups in total. The normalized spacial score (nSPS) is 14.4. The molecule has 1 spiro atoms. The first-order valence-corrected chi connectivity index (χ1v) is 23.6. The van der Waals surface area contributed by atoms with Crippen molar-refractivity contribution in [3.05, 3.63) is 94.6 Å². The van der Waals surface area contributed by atoms with E-state index in [1.165, 1.54) is 0 Å². The van der Waals surface area contributed by atoms with E-state index in [0.29, 0.717) is 116 Å². The first-order valence-electron chi connectivity index (χ1n) is 22.2. The van der Waals surface area contributed by atoms with Gasteiger partial charge in [-0.25, -0.2) is 19.3 Å². The second-order valence-corrected chi connectivity index (χ2v) is 17.9. The van der Waals surface area contributed by atoms with Crippen molar-refractivity contribution in [2.75, 3.05) is 57.0 Å². The van der Waals surface area contributed by atoms with Crippen LogP contribution in [-0.2, 0) is 27.4 Å². The number of piperidine rings is 1. The number of likely N-dealkylation sites (tertiary alicyclic amines) is 1. The highest BCUT2D eigenvalue weighted by Crippen LogP contribution is 2.44. The lowest BCUT2D eigenvalue weighted by molar-refractivity contribution is -0.148. The van der Waals surface area contributed by atoms with Gasteiger partial charge in [0, 0.05) is 73.4 Å². The van der Waals surface area contributed by atoms with Gasteiger partial charge >= 0.3 is 0 Å². The summed E-state index contributed by atoms with van der Waals surface area (Å²) >= 11 is 7.71. The first-order chi connectivity index (χ1) is 32.1. The van der Waals surface area contributed by atoms with Crippen molar-refractivity contribution in [1.82, 2.24) is 50.2 Å². The fraction of sp³-hybridized carbons (Fsp3) is 0.404. The number of aromatic nitrogens is 8. The number of nitrogens with zero attached hydrogens (tertiary/aromatic N) is 9. The number of thioether (sulfide) groups is 1. The van der Waals surface area contributed by atoms with Crippen LogP contribution in [0, 0.1) is 17.8 Å². The fourth-order valence-electron chi connectivity index (χ4n) is 7.80. The lowest BCUT2D eigenvalue weighted by Gasteiger charge is -2.39. The summed E-state index contributed by atoms with van der Waals surface area (Å²) in [7, 11) is 0.